The van der Waals surface area contributed by atoms with Crippen molar-refractivity contribution in [1.82, 2.24) is 5.32 Å². The van der Waals surface area contributed by atoms with E-state index < -0.39 is 0 Å². The van der Waals surface area contributed by atoms with Crippen LogP contribution in [-0.4, -0.2) is 12.1 Å². The maximum atomic E-state index is 6.00. The van der Waals surface area contributed by atoms with E-state index in [-0.39, 0.29) is 0 Å². The largest absolute Gasteiger partial charge is 0.328 e. The molecular formula is C14H21ClN2. The molecule has 2 nitrogen and oxygen atoms in total. The minimum Gasteiger partial charge on any atom is -0.328 e. The van der Waals surface area contributed by atoms with E-state index >= 15 is 0 Å². The monoisotopic (exact) mass is 252 g/mol. The van der Waals surface area contributed by atoms with Crippen molar-refractivity contribution in [2.75, 3.05) is 0 Å². The molecule has 3 atom stereocenters. The summed E-state index contributed by atoms with van der Waals surface area (Å²) in [6.07, 6.45) is 4.75. The van der Waals surface area contributed by atoms with Gasteiger partial charge in [-0.1, -0.05) is 30.2 Å². The van der Waals surface area contributed by atoms with Gasteiger partial charge in [-0.15, -0.1) is 0 Å². The third-order valence-electron chi connectivity index (χ3n) is 3.57. The van der Waals surface area contributed by atoms with Crippen molar-refractivity contribution in [2.24, 2.45) is 5.73 Å². The Morgan fingerprint density at radius 2 is 2.00 bits per heavy atom. The summed E-state index contributed by atoms with van der Waals surface area (Å²) >= 11 is 5.89. The minimum atomic E-state index is 0.363. The average Bonchev–Trinajstić information content (AvgIpc) is 2.29. The lowest BCUT2D eigenvalue weighted by atomic mass is 9.91. The standard InChI is InChI=1S/C14H21ClN2/c1-10(11-5-7-12(15)8-6-11)17-14-4-2-3-13(16)9-14/h5-8,10,13-14,17H,2-4,9,16H2,1H3/t10-,13?,14?/m1/s1. The minimum absolute atomic E-state index is 0.363. The molecule has 1 aromatic carbocycles. The second kappa shape index (κ2) is 5.85. The molecule has 1 fully saturated rings. The highest BCUT2D eigenvalue weighted by Gasteiger charge is 2.20. The van der Waals surface area contributed by atoms with Gasteiger partial charge in [0.25, 0.3) is 0 Å². The van der Waals surface area contributed by atoms with Crippen LogP contribution in [0.5, 0.6) is 0 Å². The molecule has 0 bridgehead atoms. The van der Waals surface area contributed by atoms with Crippen LogP contribution in [0.1, 0.15) is 44.2 Å². The van der Waals surface area contributed by atoms with Crippen LogP contribution in [0, 0.1) is 0 Å². The zero-order valence-electron chi connectivity index (χ0n) is 10.3. The highest BCUT2D eigenvalue weighted by atomic mass is 35.5. The Bertz CT molecular complexity index is 350. The van der Waals surface area contributed by atoms with Gasteiger partial charge < -0.3 is 11.1 Å². The number of nitrogens with one attached hydrogen (secondary N) is 1. The summed E-state index contributed by atoms with van der Waals surface area (Å²) in [6.45, 7) is 2.20. The maximum Gasteiger partial charge on any atom is 0.0406 e. The topological polar surface area (TPSA) is 38.0 Å². The zero-order chi connectivity index (χ0) is 12.3. The second-order valence-corrected chi connectivity index (χ2v) is 5.50. The lowest BCUT2D eigenvalue weighted by molar-refractivity contribution is 0.319. The fourth-order valence-electron chi connectivity index (χ4n) is 2.58. The van der Waals surface area contributed by atoms with Crippen molar-refractivity contribution in [2.45, 2.75) is 50.7 Å². The van der Waals surface area contributed by atoms with Crippen LogP contribution in [-0.2, 0) is 0 Å². The fourth-order valence-corrected chi connectivity index (χ4v) is 2.71. The third kappa shape index (κ3) is 3.70. The van der Waals surface area contributed by atoms with Gasteiger partial charge in [0.15, 0.2) is 0 Å². The number of benzene rings is 1. The molecule has 1 aromatic rings. The molecule has 0 amide bonds. The van der Waals surface area contributed by atoms with E-state index in [0.717, 1.165) is 11.4 Å². The van der Waals surface area contributed by atoms with Crippen molar-refractivity contribution < 1.29 is 0 Å². The van der Waals surface area contributed by atoms with Gasteiger partial charge >= 0.3 is 0 Å². The molecule has 0 heterocycles. The maximum absolute atomic E-state index is 6.00. The van der Waals surface area contributed by atoms with Crippen LogP contribution in [0.4, 0.5) is 0 Å². The summed E-state index contributed by atoms with van der Waals surface area (Å²) in [5.41, 5.74) is 7.29. The van der Waals surface area contributed by atoms with Crippen molar-refractivity contribution in [3.8, 4) is 0 Å². The normalized spacial score (nSPS) is 26.8. The first-order valence-corrected chi connectivity index (χ1v) is 6.80. The van der Waals surface area contributed by atoms with E-state index in [0.29, 0.717) is 18.1 Å². The Labute approximate surface area is 109 Å². The van der Waals surface area contributed by atoms with E-state index in [1.165, 1.54) is 24.8 Å². The summed E-state index contributed by atoms with van der Waals surface area (Å²) in [5.74, 6) is 0. The fraction of sp³-hybridized carbons (Fsp3) is 0.571. The quantitative estimate of drug-likeness (QED) is 0.867. The van der Waals surface area contributed by atoms with Crippen molar-refractivity contribution >= 4 is 11.6 Å². The summed E-state index contributed by atoms with van der Waals surface area (Å²) in [4.78, 5) is 0. The molecule has 94 valence electrons. The van der Waals surface area contributed by atoms with Crippen LogP contribution >= 0.6 is 11.6 Å². The predicted molar refractivity (Wildman–Crippen MR) is 73.2 cm³/mol. The molecule has 0 radical (unpaired) electrons. The first kappa shape index (κ1) is 12.9. The average molecular weight is 253 g/mol. The molecule has 0 saturated heterocycles. The highest BCUT2D eigenvalue weighted by Crippen LogP contribution is 2.22. The van der Waals surface area contributed by atoms with E-state index in [9.17, 15) is 0 Å². The van der Waals surface area contributed by atoms with Gasteiger partial charge in [0.05, 0.1) is 0 Å². The van der Waals surface area contributed by atoms with Gasteiger partial charge in [0, 0.05) is 23.1 Å². The molecule has 3 heteroatoms. The van der Waals surface area contributed by atoms with Crippen LogP contribution in [0.3, 0.4) is 0 Å². The molecule has 1 aliphatic carbocycles. The van der Waals surface area contributed by atoms with E-state index in [1.54, 1.807) is 0 Å². The van der Waals surface area contributed by atoms with Crippen molar-refractivity contribution in [1.29, 1.82) is 0 Å². The van der Waals surface area contributed by atoms with Crippen LogP contribution < -0.4 is 11.1 Å². The smallest absolute Gasteiger partial charge is 0.0406 e. The number of halogens is 1. The first-order chi connectivity index (χ1) is 8.15. The van der Waals surface area contributed by atoms with Crippen LogP contribution in [0.25, 0.3) is 0 Å². The van der Waals surface area contributed by atoms with Gasteiger partial charge in [-0.05, 0) is 43.9 Å². The Morgan fingerprint density at radius 1 is 1.29 bits per heavy atom. The summed E-state index contributed by atoms with van der Waals surface area (Å²) < 4.78 is 0. The molecule has 1 aliphatic rings. The molecule has 1 saturated carbocycles. The van der Waals surface area contributed by atoms with Crippen molar-refractivity contribution in [3.63, 3.8) is 0 Å². The first-order valence-electron chi connectivity index (χ1n) is 6.42. The number of rotatable bonds is 3. The second-order valence-electron chi connectivity index (χ2n) is 5.06. The van der Waals surface area contributed by atoms with E-state index in [4.69, 9.17) is 17.3 Å². The Kier molecular flexibility index (Phi) is 4.43. The molecule has 2 rings (SSSR count). The van der Waals surface area contributed by atoms with Gasteiger partial charge in [-0.2, -0.15) is 0 Å². The summed E-state index contributed by atoms with van der Waals surface area (Å²) in [6, 6.07) is 9.36. The van der Waals surface area contributed by atoms with Gasteiger partial charge in [-0.3, -0.25) is 0 Å². The van der Waals surface area contributed by atoms with Crippen LogP contribution in [0.2, 0.25) is 5.02 Å². The number of nitrogens with two attached hydrogens (primary N) is 1. The SMILES string of the molecule is C[C@@H](NC1CCCC(N)C1)c1ccc(Cl)cc1. The molecule has 2 unspecified atom stereocenters. The van der Waals surface area contributed by atoms with Gasteiger partial charge in [0.2, 0.25) is 0 Å². The zero-order valence-corrected chi connectivity index (χ0v) is 11.1. The Balaban J connectivity index is 1.91. The molecule has 0 spiro atoms. The van der Waals surface area contributed by atoms with Gasteiger partial charge in [0.1, 0.15) is 0 Å². The highest BCUT2D eigenvalue weighted by molar-refractivity contribution is 6.30. The summed E-state index contributed by atoms with van der Waals surface area (Å²) in [7, 11) is 0. The van der Waals surface area contributed by atoms with Crippen LogP contribution in [0.15, 0.2) is 24.3 Å². The third-order valence-corrected chi connectivity index (χ3v) is 3.82. The summed E-state index contributed by atoms with van der Waals surface area (Å²) in [5, 5.41) is 4.45. The number of hydrogen-bond acceptors (Lipinski definition) is 2. The lowest BCUT2D eigenvalue weighted by Gasteiger charge is -2.30. The molecular weight excluding hydrogens is 232 g/mol. The number of hydrogen-bond donors (Lipinski definition) is 2. The molecule has 0 aromatic heterocycles. The van der Waals surface area contributed by atoms with Crippen molar-refractivity contribution in [3.05, 3.63) is 34.9 Å². The predicted octanol–water partition coefficient (Wildman–Crippen LogP) is 3.26. The molecule has 17 heavy (non-hydrogen) atoms. The van der Waals surface area contributed by atoms with E-state index in [2.05, 4.69) is 24.4 Å². The lowest BCUT2D eigenvalue weighted by Crippen LogP contribution is -2.40. The molecule has 3 N–H and O–H groups in total. The Hall–Kier alpha value is -0.570. The molecule has 0 aliphatic heterocycles. The van der Waals surface area contributed by atoms with Gasteiger partial charge in [-0.25, -0.2) is 0 Å². The van der Waals surface area contributed by atoms with E-state index in [1.807, 2.05) is 12.1 Å². The Morgan fingerprint density at radius 3 is 2.65 bits per heavy atom.